The van der Waals surface area contributed by atoms with E-state index in [2.05, 4.69) is 4.74 Å². The molecule has 0 aromatic heterocycles. The van der Waals surface area contributed by atoms with Crippen molar-refractivity contribution in [2.45, 2.75) is 25.1 Å². The van der Waals surface area contributed by atoms with Crippen LogP contribution in [-0.4, -0.2) is 30.3 Å². The summed E-state index contributed by atoms with van der Waals surface area (Å²) in [6, 6.07) is 6.66. The van der Waals surface area contributed by atoms with Gasteiger partial charge in [-0.1, -0.05) is 29.8 Å². The molecule has 1 aliphatic rings. The Hall–Kier alpha value is -1.43. The molecule has 3 nitrogen and oxygen atoms in total. The van der Waals surface area contributed by atoms with E-state index in [1.165, 1.54) is 4.90 Å². The number of halogens is 4. The fourth-order valence-electron chi connectivity index (χ4n) is 2.28. The standard InChI is InChI=1S/C13H13ClF3NO2/c14-10-5-2-1-4-9(10)11-6-3-7-18(11)12(19)20-8-13(15,16)17/h1-2,4-5,11H,3,6-8H2. The SMILES string of the molecule is O=C(OCC(F)(F)F)N1CCCC1c1ccccc1Cl. The van der Waals surface area contributed by atoms with E-state index in [0.717, 1.165) is 5.56 Å². The van der Waals surface area contributed by atoms with Crippen LogP contribution in [0.25, 0.3) is 0 Å². The van der Waals surface area contributed by atoms with Crippen LogP contribution in [-0.2, 0) is 4.74 Å². The zero-order valence-electron chi connectivity index (χ0n) is 10.5. The lowest BCUT2D eigenvalue weighted by molar-refractivity contribution is -0.162. The van der Waals surface area contributed by atoms with Crippen molar-refractivity contribution in [2.24, 2.45) is 0 Å². The lowest BCUT2D eigenvalue weighted by Gasteiger charge is -2.25. The number of carbonyl (C=O) groups is 1. The Morgan fingerprint density at radius 3 is 2.75 bits per heavy atom. The Labute approximate surface area is 119 Å². The molecule has 1 atom stereocenters. The molecule has 2 rings (SSSR count). The van der Waals surface area contributed by atoms with E-state index in [1.807, 2.05) is 0 Å². The zero-order valence-corrected chi connectivity index (χ0v) is 11.2. The Balaban J connectivity index is 2.08. The molecule has 0 N–H and O–H groups in total. The first kappa shape index (κ1) is 15.0. The number of carbonyl (C=O) groups excluding carboxylic acids is 1. The number of hydrogen-bond acceptors (Lipinski definition) is 2. The zero-order chi connectivity index (χ0) is 14.8. The summed E-state index contributed by atoms with van der Waals surface area (Å²) < 4.78 is 40.5. The molecular weight excluding hydrogens is 295 g/mol. The molecule has 0 bridgehead atoms. The monoisotopic (exact) mass is 307 g/mol. The van der Waals surface area contributed by atoms with Crippen LogP contribution in [0.5, 0.6) is 0 Å². The molecule has 0 saturated carbocycles. The minimum atomic E-state index is -4.52. The van der Waals surface area contributed by atoms with E-state index in [-0.39, 0.29) is 6.04 Å². The number of rotatable bonds is 2. The number of ether oxygens (including phenoxy) is 1. The van der Waals surface area contributed by atoms with Crippen molar-refractivity contribution in [3.05, 3.63) is 34.9 Å². The summed E-state index contributed by atoms with van der Waals surface area (Å²) in [6.07, 6.45) is -4.11. The predicted octanol–water partition coefficient (Wildman–Crippen LogP) is 4.18. The Morgan fingerprint density at radius 1 is 1.40 bits per heavy atom. The highest BCUT2D eigenvalue weighted by Crippen LogP contribution is 2.36. The molecule has 110 valence electrons. The molecule has 1 heterocycles. The quantitative estimate of drug-likeness (QED) is 0.820. The highest BCUT2D eigenvalue weighted by molar-refractivity contribution is 6.31. The van der Waals surface area contributed by atoms with Crippen LogP contribution in [0.2, 0.25) is 5.02 Å². The lowest BCUT2D eigenvalue weighted by Crippen LogP contribution is -2.33. The largest absolute Gasteiger partial charge is 0.440 e. The van der Waals surface area contributed by atoms with Crippen LogP contribution in [0.15, 0.2) is 24.3 Å². The molecular formula is C13H13ClF3NO2. The summed E-state index contributed by atoms with van der Waals surface area (Å²) >= 11 is 6.07. The van der Waals surface area contributed by atoms with E-state index >= 15 is 0 Å². The Morgan fingerprint density at radius 2 is 2.10 bits per heavy atom. The van der Waals surface area contributed by atoms with Crippen molar-refractivity contribution in [3.8, 4) is 0 Å². The minimum Gasteiger partial charge on any atom is -0.440 e. The topological polar surface area (TPSA) is 29.5 Å². The van der Waals surface area contributed by atoms with Gasteiger partial charge in [-0.15, -0.1) is 0 Å². The van der Waals surface area contributed by atoms with Crippen molar-refractivity contribution in [1.29, 1.82) is 0 Å². The van der Waals surface area contributed by atoms with Gasteiger partial charge in [0.15, 0.2) is 6.61 Å². The minimum absolute atomic E-state index is 0.329. The average Bonchev–Trinajstić information content (AvgIpc) is 2.84. The highest BCUT2D eigenvalue weighted by Gasteiger charge is 2.35. The normalized spacial score (nSPS) is 19.2. The smallest absolute Gasteiger partial charge is 0.422 e. The van der Waals surface area contributed by atoms with Gasteiger partial charge in [0, 0.05) is 11.6 Å². The van der Waals surface area contributed by atoms with Gasteiger partial charge in [0.1, 0.15) is 0 Å². The molecule has 0 radical (unpaired) electrons. The van der Waals surface area contributed by atoms with Crippen LogP contribution in [0.1, 0.15) is 24.4 Å². The average molecular weight is 308 g/mol. The second kappa shape index (κ2) is 5.91. The summed E-state index contributed by atoms with van der Waals surface area (Å²) in [7, 11) is 0. The van der Waals surface area contributed by atoms with Gasteiger partial charge in [-0.05, 0) is 24.5 Å². The molecule has 0 aliphatic carbocycles. The van der Waals surface area contributed by atoms with E-state index < -0.39 is 18.9 Å². The molecule has 1 amide bonds. The first-order chi connectivity index (χ1) is 9.38. The third-order valence-electron chi connectivity index (χ3n) is 3.11. The van der Waals surface area contributed by atoms with Crippen LogP contribution in [0.3, 0.4) is 0 Å². The van der Waals surface area contributed by atoms with E-state index in [0.29, 0.717) is 24.4 Å². The molecule has 1 saturated heterocycles. The van der Waals surface area contributed by atoms with Gasteiger partial charge in [-0.25, -0.2) is 4.79 Å². The maximum absolute atomic E-state index is 12.1. The third kappa shape index (κ3) is 3.56. The molecule has 1 aromatic carbocycles. The molecule has 7 heteroatoms. The second-order valence-corrected chi connectivity index (χ2v) is 4.95. The Kier molecular flexibility index (Phi) is 4.42. The summed E-state index contributed by atoms with van der Waals surface area (Å²) in [5.41, 5.74) is 0.732. The number of hydrogen-bond donors (Lipinski definition) is 0. The maximum Gasteiger partial charge on any atom is 0.422 e. The van der Waals surface area contributed by atoms with Gasteiger partial charge in [0.25, 0.3) is 0 Å². The summed E-state index contributed by atoms with van der Waals surface area (Å²) in [5, 5.41) is 0.494. The number of nitrogens with zero attached hydrogens (tertiary/aromatic N) is 1. The van der Waals surface area contributed by atoms with E-state index in [4.69, 9.17) is 11.6 Å². The van der Waals surface area contributed by atoms with Crippen molar-refractivity contribution >= 4 is 17.7 Å². The second-order valence-electron chi connectivity index (χ2n) is 4.54. The first-order valence-corrected chi connectivity index (χ1v) is 6.51. The van der Waals surface area contributed by atoms with Gasteiger partial charge in [0.05, 0.1) is 6.04 Å². The van der Waals surface area contributed by atoms with Crippen molar-refractivity contribution in [3.63, 3.8) is 0 Å². The summed E-state index contributed by atoms with van der Waals surface area (Å²) in [6.45, 7) is -1.20. The maximum atomic E-state index is 12.1. The molecule has 1 aliphatic heterocycles. The first-order valence-electron chi connectivity index (χ1n) is 6.13. The number of benzene rings is 1. The highest BCUT2D eigenvalue weighted by atomic mass is 35.5. The Bertz CT molecular complexity index is 493. The fraction of sp³-hybridized carbons (Fsp3) is 0.462. The van der Waals surface area contributed by atoms with Crippen LogP contribution in [0, 0.1) is 0 Å². The lowest BCUT2D eigenvalue weighted by atomic mass is 10.0. The molecule has 20 heavy (non-hydrogen) atoms. The van der Waals surface area contributed by atoms with Crippen LogP contribution < -0.4 is 0 Å². The van der Waals surface area contributed by atoms with Crippen molar-refractivity contribution < 1.29 is 22.7 Å². The van der Waals surface area contributed by atoms with Crippen LogP contribution >= 0.6 is 11.6 Å². The molecule has 1 aromatic rings. The molecule has 0 spiro atoms. The van der Waals surface area contributed by atoms with E-state index in [9.17, 15) is 18.0 Å². The molecule has 1 unspecified atom stereocenters. The fourth-order valence-corrected chi connectivity index (χ4v) is 2.54. The van der Waals surface area contributed by atoms with Crippen molar-refractivity contribution in [1.82, 2.24) is 4.90 Å². The van der Waals surface area contributed by atoms with Crippen molar-refractivity contribution in [2.75, 3.05) is 13.2 Å². The number of amides is 1. The third-order valence-corrected chi connectivity index (χ3v) is 3.46. The summed E-state index contributed by atoms with van der Waals surface area (Å²) in [5.74, 6) is 0. The van der Waals surface area contributed by atoms with Gasteiger partial charge >= 0.3 is 12.3 Å². The van der Waals surface area contributed by atoms with Gasteiger partial charge < -0.3 is 9.64 Å². The predicted molar refractivity (Wildman–Crippen MR) is 67.5 cm³/mol. The van der Waals surface area contributed by atoms with Gasteiger partial charge in [0.2, 0.25) is 0 Å². The van der Waals surface area contributed by atoms with Crippen LogP contribution in [0.4, 0.5) is 18.0 Å². The number of likely N-dealkylation sites (tertiary alicyclic amines) is 1. The van der Waals surface area contributed by atoms with Gasteiger partial charge in [-0.3, -0.25) is 0 Å². The van der Waals surface area contributed by atoms with Gasteiger partial charge in [-0.2, -0.15) is 13.2 Å². The molecule has 1 fully saturated rings. The number of alkyl halides is 3. The van der Waals surface area contributed by atoms with E-state index in [1.54, 1.807) is 24.3 Å². The summed E-state index contributed by atoms with van der Waals surface area (Å²) in [4.78, 5) is 13.0.